The first-order chi connectivity index (χ1) is 7.17. The summed E-state index contributed by atoms with van der Waals surface area (Å²) in [6.45, 7) is 10.6. The van der Waals surface area contributed by atoms with Crippen LogP contribution in [0.2, 0.25) is 0 Å². The summed E-state index contributed by atoms with van der Waals surface area (Å²) in [7, 11) is 0. The Bertz CT molecular complexity index is 156. The Labute approximate surface area is 95.2 Å². The molecule has 0 aromatic carbocycles. The standard InChI is InChI=1S/C13H28N2/c1-4-12(5-2)10-15-8-6-13(7-9-15)11(3)14/h11-13H,4-10,14H2,1-3H3. The van der Waals surface area contributed by atoms with Gasteiger partial charge in [-0.3, -0.25) is 0 Å². The van der Waals surface area contributed by atoms with Crippen LogP contribution in [0.3, 0.4) is 0 Å². The largest absolute Gasteiger partial charge is 0.328 e. The van der Waals surface area contributed by atoms with E-state index in [4.69, 9.17) is 5.73 Å². The van der Waals surface area contributed by atoms with Gasteiger partial charge in [0.25, 0.3) is 0 Å². The van der Waals surface area contributed by atoms with Gasteiger partial charge in [-0.05, 0) is 44.7 Å². The lowest BCUT2D eigenvalue weighted by Gasteiger charge is -2.35. The van der Waals surface area contributed by atoms with Gasteiger partial charge in [0, 0.05) is 12.6 Å². The zero-order chi connectivity index (χ0) is 11.3. The van der Waals surface area contributed by atoms with Gasteiger partial charge in [-0.2, -0.15) is 0 Å². The van der Waals surface area contributed by atoms with E-state index in [1.165, 1.54) is 45.3 Å². The molecule has 0 radical (unpaired) electrons. The highest BCUT2D eigenvalue weighted by molar-refractivity contribution is 4.78. The van der Waals surface area contributed by atoms with E-state index in [1.54, 1.807) is 0 Å². The highest BCUT2D eigenvalue weighted by atomic mass is 15.1. The van der Waals surface area contributed by atoms with Crippen LogP contribution in [0.4, 0.5) is 0 Å². The van der Waals surface area contributed by atoms with Gasteiger partial charge in [0.05, 0.1) is 0 Å². The quantitative estimate of drug-likeness (QED) is 0.758. The number of rotatable bonds is 5. The molecule has 0 aromatic heterocycles. The van der Waals surface area contributed by atoms with Crippen LogP contribution in [-0.4, -0.2) is 30.6 Å². The van der Waals surface area contributed by atoms with Gasteiger partial charge < -0.3 is 10.6 Å². The van der Waals surface area contributed by atoms with Crippen LogP contribution in [-0.2, 0) is 0 Å². The Balaban J connectivity index is 2.25. The summed E-state index contributed by atoms with van der Waals surface area (Å²) in [5.41, 5.74) is 5.95. The molecule has 0 bridgehead atoms. The number of hydrogen-bond acceptors (Lipinski definition) is 2. The Hall–Kier alpha value is -0.0800. The molecule has 90 valence electrons. The highest BCUT2D eigenvalue weighted by Gasteiger charge is 2.22. The van der Waals surface area contributed by atoms with E-state index in [9.17, 15) is 0 Å². The van der Waals surface area contributed by atoms with Gasteiger partial charge in [0.2, 0.25) is 0 Å². The lowest BCUT2D eigenvalue weighted by molar-refractivity contribution is 0.148. The zero-order valence-electron chi connectivity index (χ0n) is 10.7. The Kier molecular flexibility index (Phi) is 5.62. The van der Waals surface area contributed by atoms with Crippen LogP contribution in [0.15, 0.2) is 0 Å². The maximum Gasteiger partial charge on any atom is 0.00397 e. The minimum absolute atomic E-state index is 0.389. The summed E-state index contributed by atoms with van der Waals surface area (Å²) in [6.07, 6.45) is 5.25. The summed E-state index contributed by atoms with van der Waals surface area (Å²) in [6, 6.07) is 0.389. The van der Waals surface area contributed by atoms with Crippen molar-refractivity contribution in [2.24, 2.45) is 17.6 Å². The first-order valence-electron chi connectivity index (χ1n) is 6.65. The van der Waals surface area contributed by atoms with E-state index in [0.717, 1.165) is 11.8 Å². The molecule has 1 fully saturated rings. The number of piperidine rings is 1. The van der Waals surface area contributed by atoms with Crippen LogP contribution in [0, 0.1) is 11.8 Å². The summed E-state index contributed by atoms with van der Waals surface area (Å²) in [4.78, 5) is 2.64. The number of hydrogen-bond donors (Lipinski definition) is 1. The Morgan fingerprint density at radius 2 is 1.73 bits per heavy atom. The van der Waals surface area contributed by atoms with Crippen molar-refractivity contribution < 1.29 is 0 Å². The number of nitrogens with zero attached hydrogens (tertiary/aromatic N) is 1. The number of nitrogens with two attached hydrogens (primary N) is 1. The van der Waals surface area contributed by atoms with Crippen LogP contribution in [0.5, 0.6) is 0 Å². The molecule has 1 saturated heterocycles. The first-order valence-corrected chi connectivity index (χ1v) is 6.65. The average Bonchev–Trinajstić information content (AvgIpc) is 2.26. The molecule has 1 unspecified atom stereocenters. The molecule has 2 heteroatoms. The van der Waals surface area contributed by atoms with Crippen LogP contribution in [0.25, 0.3) is 0 Å². The monoisotopic (exact) mass is 212 g/mol. The van der Waals surface area contributed by atoms with E-state index >= 15 is 0 Å². The van der Waals surface area contributed by atoms with Crippen molar-refractivity contribution in [2.45, 2.75) is 52.5 Å². The van der Waals surface area contributed by atoms with Crippen molar-refractivity contribution in [3.63, 3.8) is 0 Å². The molecule has 0 aromatic rings. The van der Waals surface area contributed by atoms with Crippen molar-refractivity contribution >= 4 is 0 Å². The molecule has 0 amide bonds. The zero-order valence-corrected chi connectivity index (χ0v) is 10.7. The molecule has 1 aliphatic heterocycles. The second-order valence-electron chi connectivity index (χ2n) is 5.18. The fourth-order valence-corrected chi connectivity index (χ4v) is 2.57. The van der Waals surface area contributed by atoms with E-state index in [0.29, 0.717) is 6.04 Å². The van der Waals surface area contributed by atoms with Crippen molar-refractivity contribution in [2.75, 3.05) is 19.6 Å². The second kappa shape index (κ2) is 6.49. The first kappa shape index (κ1) is 13.0. The summed E-state index contributed by atoms with van der Waals surface area (Å²) < 4.78 is 0. The molecule has 1 aliphatic rings. The molecule has 1 rings (SSSR count). The SMILES string of the molecule is CCC(CC)CN1CCC(C(C)N)CC1. The summed E-state index contributed by atoms with van der Waals surface area (Å²) in [5, 5.41) is 0. The lowest BCUT2D eigenvalue weighted by Crippen LogP contribution is -2.41. The highest BCUT2D eigenvalue weighted by Crippen LogP contribution is 2.21. The van der Waals surface area contributed by atoms with Gasteiger partial charge >= 0.3 is 0 Å². The van der Waals surface area contributed by atoms with Crippen LogP contribution < -0.4 is 5.73 Å². The predicted molar refractivity (Wildman–Crippen MR) is 66.9 cm³/mol. The van der Waals surface area contributed by atoms with Crippen molar-refractivity contribution in [1.29, 1.82) is 0 Å². The lowest BCUT2D eigenvalue weighted by atomic mass is 9.90. The molecule has 0 spiro atoms. The topological polar surface area (TPSA) is 29.3 Å². The predicted octanol–water partition coefficient (Wildman–Crippen LogP) is 2.48. The van der Waals surface area contributed by atoms with E-state index in [2.05, 4.69) is 25.7 Å². The van der Waals surface area contributed by atoms with Gasteiger partial charge in [-0.1, -0.05) is 26.7 Å². The molecule has 1 atom stereocenters. The minimum atomic E-state index is 0.389. The molecule has 15 heavy (non-hydrogen) atoms. The second-order valence-corrected chi connectivity index (χ2v) is 5.18. The van der Waals surface area contributed by atoms with Gasteiger partial charge in [0.1, 0.15) is 0 Å². The van der Waals surface area contributed by atoms with Crippen LogP contribution in [0.1, 0.15) is 46.5 Å². The summed E-state index contributed by atoms with van der Waals surface area (Å²) in [5.74, 6) is 1.67. The maximum atomic E-state index is 5.95. The van der Waals surface area contributed by atoms with Crippen molar-refractivity contribution in [1.82, 2.24) is 4.90 Å². The van der Waals surface area contributed by atoms with Crippen molar-refractivity contribution in [3.05, 3.63) is 0 Å². The van der Waals surface area contributed by atoms with E-state index in [-0.39, 0.29) is 0 Å². The molecular formula is C13H28N2. The third-order valence-electron chi connectivity index (χ3n) is 4.05. The van der Waals surface area contributed by atoms with Crippen molar-refractivity contribution in [3.8, 4) is 0 Å². The summed E-state index contributed by atoms with van der Waals surface area (Å²) >= 11 is 0. The van der Waals surface area contributed by atoms with Gasteiger partial charge in [-0.15, -0.1) is 0 Å². The molecule has 0 aliphatic carbocycles. The molecule has 2 N–H and O–H groups in total. The average molecular weight is 212 g/mol. The minimum Gasteiger partial charge on any atom is -0.328 e. The number of likely N-dealkylation sites (tertiary alicyclic amines) is 1. The van der Waals surface area contributed by atoms with E-state index < -0.39 is 0 Å². The molecule has 0 saturated carbocycles. The van der Waals surface area contributed by atoms with Crippen LogP contribution >= 0.6 is 0 Å². The molecular weight excluding hydrogens is 184 g/mol. The van der Waals surface area contributed by atoms with Gasteiger partial charge in [-0.25, -0.2) is 0 Å². The third-order valence-corrected chi connectivity index (χ3v) is 4.05. The van der Waals surface area contributed by atoms with E-state index in [1.807, 2.05) is 0 Å². The molecule has 1 heterocycles. The Morgan fingerprint density at radius 3 is 2.13 bits per heavy atom. The Morgan fingerprint density at radius 1 is 1.20 bits per heavy atom. The third kappa shape index (κ3) is 4.12. The fourth-order valence-electron chi connectivity index (χ4n) is 2.57. The fraction of sp³-hybridized carbons (Fsp3) is 1.00. The normalized spacial score (nSPS) is 22.2. The molecule has 2 nitrogen and oxygen atoms in total. The maximum absolute atomic E-state index is 5.95. The van der Waals surface area contributed by atoms with Gasteiger partial charge in [0.15, 0.2) is 0 Å². The smallest absolute Gasteiger partial charge is 0.00397 e.